The van der Waals surface area contributed by atoms with Crippen molar-refractivity contribution in [2.45, 2.75) is 63.4 Å². The Morgan fingerprint density at radius 1 is 0.981 bits per heavy atom. The molecule has 2 aliphatic heterocycles. The number of anilines is 4. The molecule has 1 atom stereocenters. The molecule has 1 aliphatic carbocycles. The number of fused-ring (bicyclic) bond motifs is 1. The smallest absolute Gasteiger partial charge is 0.256 e. The maximum Gasteiger partial charge on any atom is 0.256 e. The number of carbonyl (C=O) groups is 2. The summed E-state index contributed by atoms with van der Waals surface area (Å²) < 4.78 is 28.2. The van der Waals surface area contributed by atoms with E-state index in [9.17, 15) is 18.0 Å². The van der Waals surface area contributed by atoms with Crippen molar-refractivity contribution in [2.75, 3.05) is 41.7 Å². The quantitative estimate of drug-likeness (QED) is 0.169. The Labute approximate surface area is 300 Å². The van der Waals surface area contributed by atoms with Gasteiger partial charge in [0, 0.05) is 69.3 Å². The van der Waals surface area contributed by atoms with E-state index in [4.69, 9.17) is 10.1 Å². The number of nitrogens with one attached hydrogen (secondary N) is 3. The normalized spacial score (nSPS) is 18.6. The lowest BCUT2D eigenvalue weighted by atomic mass is 10.1. The molecule has 1 saturated carbocycles. The van der Waals surface area contributed by atoms with Gasteiger partial charge >= 0.3 is 0 Å². The maximum absolute atomic E-state index is 12.6. The fraction of sp³-hybridized carbons (Fsp3) is 0.400. The van der Waals surface area contributed by atoms with E-state index in [1.807, 2.05) is 29.1 Å². The highest BCUT2D eigenvalue weighted by Crippen LogP contribution is 2.32. The molecule has 1 aromatic carbocycles. The van der Waals surface area contributed by atoms with Crippen LogP contribution in [0, 0.1) is 0 Å². The highest BCUT2D eigenvalue weighted by atomic mass is 32.2. The molecule has 3 fully saturated rings. The Balaban J connectivity index is 0.932. The summed E-state index contributed by atoms with van der Waals surface area (Å²) in [5, 5.41) is 18.7. The molecule has 6 heterocycles. The number of hydrogen-bond acceptors (Lipinski definition) is 13. The number of aromatic nitrogens is 7. The van der Waals surface area contributed by atoms with Crippen LogP contribution in [0.3, 0.4) is 0 Å². The van der Waals surface area contributed by atoms with E-state index < -0.39 is 16.1 Å². The minimum atomic E-state index is -3.48. The summed E-state index contributed by atoms with van der Waals surface area (Å²) in [7, 11) is -3.48. The second-order valence-corrected chi connectivity index (χ2v) is 15.9. The molecule has 17 heteroatoms. The zero-order chi connectivity index (χ0) is 36.0. The third kappa shape index (κ3) is 6.92. The average Bonchev–Trinajstić information content (AvgIpc) is 3.75. The number of piperidine rings is 1. The predicted molar refractivity (Wildman–Crippen MR) is 196 cm³/mol. The SMILES string of the molecule is CC(C)n1nc(N2CCN(Cc3cccc(NC4CCC(=O)NC4=O)c3)CC2)c2cnc(Nc3ccnc(-c4cnn(S(=O)(=O)C5CC5)c4)n3)cc21. The lowest BCUT2D eigenvalue weighted by molar-refractivity contribution is -0.133. The number of benzene rings is 1. The van der Waals surface area contributed by atoms with Crippen molar-refractivity contribution in [3.8, 4) is 11.4 Å². The van der Waals surface area contributed by atoms with E-state index in [0.717, 1.165) is 64.8 Å². The van der Waals surface area contributed by atoms with Gasteiger partial charge < -0.3 is 15.5 Å². The number of imide groups is 1. The lowest BCUT2D eigenvalue weighted by Gasteiger charge is -2.35. The number of piperazine rings is 1. The molecule has 5 aromatic rings. The predicted octanol–water partition coefficient (Wildman–Crippen LogP) is 3.29. The second kappa shape index (κ2) is 13.6. The van der Waals surface area contributed by atoms with E-state index >= 15 is 0 Å². The van der Waals surface area contributed by atoms with Crippen LogP contribution in [-0.4, -0.2) is 96.5 Å². The molecule has 16 nitrogen and oxygen atoms in total. The molecule has 3 N–H and O–H groups in total. The van der Waals surface area contributed by atoms with Gasteiger partial charge in [-0.05, 0) is 56.9 Å². The number of hydrogen-bond donors (Lipinski definition) is 3. The first-order valence-corrected chi connectivity index (χ1v) is 19.1. The highest BCUT2D eigenvalue weighted by molar-refractivity contribution is 7.90. The van der Waals surface area contributed by atoms with Crippen molar-refractivity contribution < 1.29 is 18.0 Å². The molecule has 3 aliphatic rings. The van der Waals surface area contributed by atoms with Crippen LogP contribution in [0.15, 0.2) is 61.2 Å². The second-order valence-electron chi connectivity index (χ2n) is 13.8. The largest absolute Gasteiger partial charge is 0.374 e. The Kier molecular flexibility index (Phi) is 8.82. The summed E-state index contributed by atoms with van der Waals surface area (Å²) in [6.07, 6.45) is 8.52. The van der Waals surface area contributed by atoms with Crippen molar-refractivity contribution >= 4 is 55.9 Å². The fourth-order valence-corrected chi connectivity index (χ4v) is 8.13. The van der Waals surface area contributed by atoms with Gasteiger partial charge in [-0.15, -0.1) is 0 Å². The van der Waals surface area contributed by atoms with Crippen molar-refractivity contribution in [1.29, 1.82) is 0 Å². The van der Waals surface area contributed by atoms with Gasteiger partial charge in [-0.25, -0.2) is 23.4 Å². The molecule has 2 saturated heterocycles. The first-order chi connectivity index (χ1) is 25.1. The van der Waals surface area contributed by atoms with Crippen LogP contribution in [-0.2, 0) is 26.2 Å². The summed E-state index contributed by atoms with van der Waals surface area (Å²) in [5.74, 6) is 1.86. The molecule has 0 radical (unpaired) electrons. The topological polar surface area (TPSA) is 185 Å². The summed E-state index contributed by atoms with van der Waals surface area (Å²) in [6.45, 7) is 8.31. The Hall–Kier alpha value is -5.42. The minimum Gasteiger partial charge on any atom is -0.374 e. The molecule has 8 rings (SSSR count). The summed E-state index contributed by atoms with van der Waals surface area (Å²) in [5.41, 5.74) is 3.48. The lowest BCUT2D eigenvalue weighted by Crippen LogP contribution is -2.47. The van der Waals surface area contributed by atoms with E-state index in [1.165, 1.54) is 12.4 Å². The summed E-state index contributed by atoms with van der Waals surface area (Å²) >= 11 is 0. The first kappa shape index (κ1) is 33.7. The van der Waals surface area contributed by atoms with Gasteiger partial charge in [0.2, 0.25) is 11.8 Å². The summed E-state index contributed by atoms with van der Waals surface area (Å²) in [6, 6.07) is 11.5. The Bertz CT molecular complexity index is 2260. The van der Waals surface area contributed by atoms with Crippen LogP contribution in [0.1, 0.15) is 51.1 Å². The summed E-state index contributed by atoms with van der Waals surface area (Å²) in [4.78, 5) is 42.1. The minimum absolute atomic E-state index is 0.114. The molecule has 2 amide bonds. The van der Waals surface area contributed by atoms with Gasteiger partial charge in [0.15, 0.2) is 11.6 Å². The molecule has 0 bridgehead atoms. The van der Waals surface area contributed by atoms with Crippen LogP contribution in [0.5, 0.6) is 0 Å². The fourth-order valence-electron chi connectivity index (χ4n) is 6.66. The highest BCUT2D eigenvalue weighted by Gasteiger charge is 2.38. The molecule has 52 heavy (non-hydrogen) atoms. The Morgan fingerprint density at radius 2 is 1.81 bits per heavy atom. The van der Waals surface area contributed by atoms with Gasteiger partial charge in [0.05, 0.1) is 34.1 Å². The standard InChI is InChI=1S/C35H40N12O4S/c1-22(2)47-29-17-31(40-30-10-11-36-33(41-30)24-18-38-46(21-24)52(50,51)26-6-7-26)37-19-27(29)34(43-47)45-14-12-44(13-15-45)20-23-4-3-5-25(16-23)39-28-8-9-32(48)42-35(28)49/h3-5,10-11,16-19,21-22,26,28,39H,6-9,12-15,20H2,1-2H3,(H,42,48,49)(H,36,37,40,41). The van der Waals surface area contributed by atoms with E-state index in [-0.39, 0.29) is 23.1 Å². The van der Waals surface area contributed by atoms with Crippen molar-refractivity contribution in [3.05, 3.63) is 66.7 Å². The number of carbonyl (C=O) groups excluding carboxylic acids is 2. The van der Waals surface area contributed by atoms with Gasteiger partial charge in [-0.3, -0.25) is 24.5 Å². The van der Waals surface area contributed by atoms with Crippen LogP contribution in [0.4, 0.5) is 23.1 Å². The number of amides is 2. The van der Waals surface area contributed by atoms with Gasteiger partial charge in [0.25, 0.3) is 10.0 Å². The van der Waals surface area contributed by atoms with E-state index in [0.29, 0.717) is 48.7 Å². The van der Waals surface area contributed by atoms with Crippen LogP contribution in [0.25, 0.3) is 22.3 Å². The molecule has 270 valence electrons. The van der Waals surface area contributed by atoms with Crippen LogP contribution in [0.2, 0.25) is 0 Å². The van der Waals surface area contributed by atoms with Gasteiger partial charge in [-0.2, -0.15) is 14.3 Å². The maximum atomic E-state index is 12.6. The molecular weight excluding hydrogens is 685 g/mol. The molecule has 4 aromatic heterocycles. The third-order valence-electron chi connectivity index (χ3n) is 9.58. The number of rotatable bonds is 11. The van der Waals surface area contributed by atoms with Gasteiger partial charge in [0.1, 0.15) is 17.7 Å². The average molecular weight is 725 g/mol. The van der Waals surface area contributed by atoms with Crippen molar-refractivity contribution in [2.24, 2.45) is 0 Å². The Morgan fingerprint density at radius 3 is 2.58 bits per heavy atom. The molecule has 0 spiro atoms. The monoisotopic (exact) mass is 724 g/mol. The third-order valence-corrected chi connectivity index (χ3v) is 11.6. The molecule has 1 unspecified atom stereocenters. The number of nitrogens with zero attached hydrogens (tertiary/aromatic N) is 9. The van der Waals surface area contributed by atoms with Crippen molar-refractivity contribution in [1.82, 2.24) is 44.1 Å². The zero-order valence-electron chi connectivity index (χ0n) is 28.9. The molecular formula is C35H40N12O4S. The van der Waals surface area contributed by atoms with Gasteiger partial charge in [-0.1, -0.05) is 12.1 Å². The van der Waals surface area contributed by atoms with E-state index in [2.05, 4.69) is 66.8 Å². The van der Waals surface area contributed by atoms with Crippen molar-refractivity contribution in [3.63, 3.8) is 0 Å². The zero-order valence-corrected chi connectivity index (χ0v) is 29.8. The van der Waals surface area contributed by atoms with E-state index in [1.54, 1.807) is 12.3 Å². The van der Waals surface area contributed by atoms with Crippen LogP contribution < -0.4 is 20.9 Å². The first-order valence-electron chi connectivity index (χ1n) is 17.5. The van der Waals surface area contributed by atoms with Crippen LogP contribution >= 0.6 is 0 Å². The number of pyridine rings is 1.